The Labute approximate surface area is 105 Å². The first-order valence-corrected chi connectivity index (χ1v) is 7.17. The lowest BCUT2D eigenvalue weighted by Crippen LogP contribution is -2.03. The molecule has 0 spiro atoms. The topological polar surface area (TPSA) is 56.3 Å². The summed E-state index contributed by atoms with van der Waals surface area (Å²) in [5.74, 6) is 0.633. The highest BCUT2D eigenvalue weighted by Gasteiger charge is 2.27. The summed E-state index contributed by atoms with van der Waals surface area (Å²) in [4.78, 5) is 4.32. The third-order valence-electron chi connectivity index (χ3n) is 2.84. The van der Waals surface area contributed by atoms with Crippen molar-refractivity contribution in [1.29, 1.82) is 0 Å². The van der Waals surface area contributed by atoms with E-state index in [1.54, 1.807) is 30.5 Å². The SMILES string of the molecule is Cc1ccc2c(c1)S(=O)(=O)Cc1cccnc1O2. The van der Waals surface area contributed by atoms with Crippen molar-refractivity contribution in [3.8, 4) is 11.6 Å². The Morgan fingerprint density at radius 1 is 1.28 bits per heavy atom. The Kier molecular flexibility index (Phi) is 2.38. The molecule has 1 aromatic carbocycles. The summed E-state index contributed by atoms with van der Waals surface area (Å²) < 4.78 is 30.2. The number of aryl methyl sites for hydroxylation is 1. The number of fused-ring (bicyclic) bond motifs is 2. The molecule has 5 heteroatoms. The van der Waals surface area contributed by atoms with Crippen molar-refractivity contribution >= 4 is 9.84 Å². The molecule has 18 heavy (non-hydrogen) atoms. The Balaban J connectivity index is 2.28. The molecule has 0 unspecified atom stereocenters. The number of hydrogen-bond acceptors (Lipinski definition) is 4. The second-order valence-corrected chi connectivity index (χ2v) is 6.24. The average molecular weight is 261 g/mol. The van der Waals surface area contributed by atoms with E-state index in [0.717, 1.165) is 5.56 Å². The molecule has 0 atom stereocenters. The number of rotatable bonds is 0. The van der Waals surface area contributed by atoms with Gasteiger partial charge in [-0.3, -0.25) is 0 Å². The van der Waals surface area contributed by atoms with Crippen LogP contribution in [0.5, 0.6) is 11.6 Å². The van der Waals surface area contributed by atoms with E-state index in [9.17, 15) is 8.42 Å². The second-order valence-electron chi connectivity index (χ2n) is 4.28. The molecule has 0 radical (unpaired) electrons. The Morgan fingerprint density at radius 2 is 2.11 bits per heavy atom. The zero-order chi connectivity index (χ0) is 12.8. The number of sulfone groups is 1. The first-order chi connectivity index (χ1) is 8.56. The fraction of sp³-hybridized carbons (Fsp3) is 0.154. The number of benzene rings is 1. The first-order valence-electron chi connectivity index (χ1n) is 5.51. The standard InChI is InChI=1S/C13H11NO3S/c1-9-4-5-11-12(7-9)18(15,16)8-10-3-2-6-14-13(10)17-11/h2-7H,8H2,1H3. The maximum atomic E-state index is 12.3. The number of aromatic nitrogens is 1. The molecular formula is C13H11NO3S. The van der Waals surface area contributed by atoms with Gasteiger partial charge < -0.3 is 4.74 Å². The molecule has 1 aromatic heterocycles. The van der Waals surface area contributed by atoms with Crippen LogP contribution < -0.4 is 4.74 Å². The van der Waals surface area contributed by atoms with Gasteiger partial charge in [0.25, 0.3) is 0 Å². The minimum atomic E-state index is -3.38. The molecule has 0 amide bonds. The summed E-state index contributed by atoms with van der Waals surface area (Å²) in [5, 5.41) is 0. The molecule has 3 rings (SSSR count). The van der Waals surface area contributed by atoms with E-state index in [1.807, 2.05) is 13.0 Å². The van der Waals surface area contributed by atoms with Crippen molar-refractivity contribution in [2.75, 3.05) is 0 Å². The lowest BCUT2D eigenvalue weighted by atomic mass is 10.2. The molecule has 92 valence electrons. The lowest BCUT2D eigenvalue weighted by molar-refractivity contribution is 0.449. The fourth-order valence-electron chi connectivity index (χ4n) is 1.96. The predicted molar refractivity (Wildman–Crippen MR) is 66.4 cm³/mol. The van der Waals surface area contributed by atoms with Crippen LogP contribution in [0, 0.1) is 6.92 Å². The van der Waals surface area contributed by atoms with E-state index in [4.69, 9.17) is 4.74 Å². The van der Waals surface area contributed by atoms with Crippen molar-refractivity contribution in [2.24, 2.45) is 0 Å². The lowest BCUT2D eigenvalue weighted by Gasteiger charge is -2.07. The smallest absolute Gasteiger partial charge is 0.223 e. The Morgan fingerprint density at radius 3 is 2.94 bits per heavy atom. The summed E-state index contributed by atoms with van der Waals surface area (Å²) >= 11 is 0. The highest BCUT2D eigenvalue weighted by atomic mass is 32.2. The minimum absolute atomic E-state index is 0.0768. The van der Waals surface area contributed by atoms with Gasteiger partial charge in [-0.05, 0) is 30.7 Å². The van der Waals surface area contributed by atoms with E-state index >= 15 is 0 Å². The first kappa shape index (κ1) is 11.2. The van der Waals surface area contributed by atoms with Crippen LogP contribution in [0.2, 0.25) is 0 Å². The van der Waals surface area contributed by atoms with Crippen molar-refractivity contribution in [3.63, 3.8) is 0 Å². The second kappa shape index (κ2) is 3.81. The normalized spacial score (nSPS) is 16.1. The molecule has 0 aliphatic carbocycles. The monoisotopic (exact) mass is 261 g/mol. The Hall–Kier alpha value is -1.88. The quantitative estimate of drug-likeness (QED) is 0.731. The number of hydrogen-bond donors (Lipinski definition) is 0. The third-order valence-corrected chi connectivity index (χ3v) is 4.52. The van der Waals surface area contributed by atoms with E-state index < -0.39 is 9.84 Å². The summed E-state index contributed by atoms with van der Waals surface area (Å²) in [5.41, 5.74) is 1.48. The van der Waals surface area contributed by atoms with Crippen molar-refractivity contribution < 1.29 is 13.2 Å². The van der Waals surface area contributed by atoms with Crippen LogP contribution >= 0.6 is 0 Å². The molecule has 4 nitrogen and oxygen atoms in total. The van der Waals surface area contributed by atoms with Gasteiger partial charge in [-0.1, -0.05) is 12.1 Å². The zero-order valence-corrected chi connectivity index (χ0v) is 10.6. The van der Waals surface area contributed by atoms with Gasteiger partial charge in [0.2, 0.25) is 5.88 Å². The summed E-state index contributed by atoms with van der Waals surface area (Å²) in [6.07, 6.45) is 1.59. The minimum Gasteiger partial charge on any atom is -0.437 e. The summed E-state index contributed by atoms with van der Waals surface area (Å²) in [6.45, 7) is 1.85. The number of nitrogens with zero attached hydrogens (tertiary/aromatic N) is 1. The van der Waals surface area contributed by atoms with Gasteiger partial charge >= 0.3 is 0 Å². The highest BCUT2D eigenvalue weighted by Crippen LogP contribution is 2.36. The molecule has 0 saturated heterocycles. The molecule has 0 N–H and O–H groups in total. The van der Waals surface area contributed by atoms with Crippen molar-refractivity contribution in [2.45, 2.75) is 17.6 Å². The largest absolute Gasteiger partial charge is 0.437 e. The van der Waals surface area contributed by atoms with Crippen LogP contribution in [0.4, 0.5) is 0 Å². The van der Waals surface area contributed by atoms with E-state index in [1.165, 1.54) is 0 Å². The van der Waals surface area contributed by atoms with Crippen LogP contribution in [0.3, 0.4) is 0 Å². The van der Waals surface area contributed by atoms with E-state index in [-0.39, 0.29) is 10.6 Å². The van der Waals surface area contributed by atoms with Gasteiger partial charge in [0.1, 0.15) is 10.6 Å². The van der Waals surface area contributed by atoms with Crippen molar-refractivity contribution in [1.82, 2.24) is 4.98 Å². The van der Waals surface area contributed by atoms with Crippen LogP contribution in [-0.2, 0) is 15.6 Å². The number of ether oxygens (including phenoxy) is 1. The molecule has 2 heterocycles. The van der Waals surface area contributed by atoms with Crippen LogP contribution in [0.1, 0.15) is 11.1 Å². The van der Waals surface area contributed by atoms with Gasteiger partial charge in [0.05, 0.1) is 5.75 Å². The third kappa shape index (κ3) is 1.76. The highest BCUT2D eigenvalue weighted by molar-refractivity contribution is 7.90. The summed E-state index contributed by atoms with van der Waals surface area (Å²) in [6, 6.07) is 8.56. The van der Waals surface area contributed by atoms with Gasteiger partial charge in [-0.25, -0.2) is 13.4 Å². The molecule has 0 bridgehead atoms. The van der Waals surface area contributed by atoms with Crippen LogP contribution in [-0.4, -0.2) is 13.4 Å². The average Bonchev–Trinajstić information content (AvgIpc) is 2.43. The molecular weight excluding hydrogens is 250 g/mol. The molecule has 0 fully saturated rings. The van der Waals surface area contributed by atoms with Crippen LogP contribution in [0.25, 0.3) is 0 Å². The van der Waals surface area contributed by atoms with Gasteiger partial charge in [0, 0.05) is 11.8 Å². The zero-order valence-electron chi connectivity index (χ0n) is 9.75. The Bertz CT molecular complexity index is 723. The van der Waals surface area contributed by atoms with E-state index in [2.05, 4.69) is 4.98 Å². The molecule has 2 aromatic rings. The molecule has 1 aliphatic heterocycles. The van der Waals surface area contributed by atoms with E-state index in [0.29, 0.717) is 17.2 Å². The van der Waals surface area contributed by atoms with Gasteiger partial charge in [0.15, 0.2) is 9.84 Å². The van der Waals surface area contributed by atoms with Gasteiger partial charge in [-0.2, -0.15) is 0 Å². The maximum Gasteiger partial charge on any atom is 0.223 e. The maximum absolute atomic E-state index is 12.3. The predicted octanol–water partition coefficient (Wildman–Crippen LogP) is 2.47. The molecule has 0 saturated carbocycles. The fourth-order valence-corrected chi connectivity index (χ4v) is 3.52. The van der Waals surface area contributed by atoms with Crippen molar-refractivity contribution in [3.05, 3.63) is 47.7 Å². The van der Waals surface area contributed by atoms with Gasteiger partial charge in [-0.15, -0.1) is 0 Å². The van der Waals surface area contributed by atoms with Crippen LogP contribution in [0.15, 0.2) is 41.4 Å². The molecule has 1 aliphatic rings. The number of pyridine rings is 1. The summed E-state index contributed by atoms with van der Waals surface area (Å²) in [7, 11) is -3.38.